The molecule has 0 spiro atoms. The molecular formula is C17H22ClN3O. The highest BCUT2D eigenvalue weighted by atomic mass is 35.5. The van der Waals surface area contributed by atoms with E-state index in [0.29, 0.717) is 19.0 Å². The van der Waals surface area contributed by atoms with Gasteiger partial charge >= 0.3 is 0 Å². The summed E-state index contributed by atoms with van der Waals surface area (Å²) in [5, 5.41) is 12.2. The zero-order valence-electron chi connectivity index (χ0n) is 13.1. The summed E-state index contributed by atoms with van der Waals surface area (Å²) >= 11 is 5.59. The van der Waals surface area contributed by atoms with E-state index in [-0.39, 0.29) is 17.5 Å². The minimum Gasteiger partial charge on any atom is -0.390 e. The minimum absolute atomic E-state index is 0.00676. The summed E-state index contributed by atoms with van der Waals surface area (Å²) in [4.78, 5) is 14.2. The van der Waals surface area contributed by atoms with E-state index in [0.717, 1.165) is 12.0 Å². The fraction of sp³-hybridized carbons (Fsp3) is 0.412. The van der Waals surface area contributed by atoms with Gasteiger partial charge in [-0.05, 0) is 25.8 Å². The number of hydrogen-bond acceptors (Lipinski definition) is 3. The topological polar surface area (TPSA) is 56.1 Å². The number of carbonyl (C=O) groups is 1. The lowest BCUT2D eigenvalue weighted by atomic mass is 10.1. The van der Waals surface area contributed by atoms with Crippen LogP contribution >= 0.6 is 11.6 Å². The Morgan fingerprint density at radius 2 is 2.09 bits per heavy atom. The SMILES string of the molecule is CC(C)N(Cc1ccccc1)C(=O)/C(C#N)=C\NCCCCl. The van der Waals surface area contributed by atoms with E-state index in [1.54, 1.807) is 4.90 Å². The normalized spacial score (nSPS) is 11.1. The van der Waals surface area contributed by atoms with Gasteiger partial charge in [-0.25, -0.2) is 0 Å². The average molecular weight is 320 g/mol. The zero-order chi connectivity index (χ0) is 16.4. The molecule has 0 saturated heterocycles. The molecule has 1 aromatic rings. The summed E-state index contributed by atoms with van der Waals surface area (Å²) in [6.45, 7) is 5.01. The number of nitriles is 1. The second kappa shape index (κ2) is 9.86. The van der Waals surface area contributed by atoms with Crippen LogP contribution in [0.5, 0.6) is 0 Å². The van der Waals surface area contributed by atoms with Crippen molar-refractivity contribution in [2.45, 2.75) is 32.9 Å². The Balaban J connectivity index is 2.81. The van der Waals surface area contributed by atoms with Crippen molar-refractivity contribution < 1.29 is 4.79 Å². The second-order valence-electron chi connectivity index (χ2n) is 5.18. The number of halogens is 1. The Kier molecular flexibility index (Phi) is 8.09. The van der Waals surface area contributed by atoms with Gasteiger partial charge in [-0.1, -0.05) is 30.3 Å². The van der Waals surface area contributed by atoms with Gasteiger partial charge in [-0.2, -0.15) is 5.26 Å². The summed E-state index contributed by atoms with van der Waals surface area (Å²) < 4.78 is 0. The molecule has 0 unspecified atom stereocenters. The standard InChI is InChI=1S/C17H22ClN3O/c1-14(2)21(13-15-7-4-3-5-8-15)17(22)16(11-19)12-20-10-6-9-18/h3-5,7-8,12,14,20H,6,9-10,13H2,1-2H3/b16-12-. The van der Waals surface area contributed by atoms with Gasteiger partial charge in [0.15, 0.2) is 0 Å². The van der Waals surface area contributed by atoms with Gasteiger partial charge in [0.1, 0.15) is 11.6 Å². The lowest BCUT2D eigenvalue weighted by molar-refractivity contribution is -0.129. The Labute approximate surface area is 137 Å². The van der Waals surface area contributed by atoms with Gasteiger partial charge in [0.25, 0.3) is 5.91 Å². The maximum absolute atomic E-state index is 12.6. The number of nitrogens with one attached hydrogen (secondary N) is 1. The molecule has 0 radical (unpaired) electrons. The number of alkyl halides is 1. The molecule has 0 saturated carbocycles. The molecule has 0 aromatic heterocycles. The first-order chi connectivity index (χ1) is 10.6. The summed E-state index contributed by atoms with van der Waals surface area (Å²) in [5.74, 6) is 0.280. The molecule has 0 bridgehead atoms. The fourth-order valence-electron chi connectivity index (χ4n) is 1.91. The zero-order valence-corrected chi connectivity index (χ0v) is 13.8. The van der Waals surface area contributed by atoms with Gasteiger partial charge in [0, 0.05) is 31.2 Å². The highest BCUT2D eigenvalue weighted by molar-refractivity contribution is 6.17. The number of nitrogens with zero attached hydrogens (tertiary/aromatic N) is 2. The van der Waals surface area contributed by atoms with E-state index in [1.807, 2.05) is 50.2 Å². The average Bonchev–Trinajstić information content (AvgIpc) is 2.53. The van der Waals surface area contributed by atoms with Crippen LogP contribution in [0.4, 0.5) is 0 Å². The van der Waals surface area contributed by atoms with Crippen molar-refractivity contribution >= 4 is 17.5 Å². The Bertz CT molecular complexity index is 535. The highest BCUT2D eigenvalue weighted by Gasteiger charge is 2.21. The van der Waals surface area contributed by atoms with Crippen LogP contribution < -0.4 is 5.32 Å². The van der Waals surface area contributed by atoms with Crippen LogP contribution in [0.15, 0.2) is 42.1 Å². The van der Waals surface area contributed by atoms with Crippen molar-refractivity contribution in [3.05, 3.63) is 47.7 Å². The van der Waals surface area contributed by atoms with E-state index in [1.165, 1.54) is 6.20 Å². The molecule has 0 fully saturated rings. The molecule has 1 amide bonds. The summed E-state index contributed by atoms with van der Waals surface area (Å²) in [5.41, 5.74) is 1.15. The third-order valence-corrected chi connectivity index (χ3v) is 3.40. The van der Waals surface area contributed by atoms with Gasteiger partial charge in [0.2, 0.25) is 0 Å². The smallest absolute Gasteiger partial charge is 0.266 e. The molecule has 0 aliphatic rings. The summed E-state index contributed by atoms with van der Waals surface area (Å²) in [6.07, 6.45) is 2.26. The Morgan fingerprint density at radius 3 is 2.64 bits per heavy atom. The fourth-order valence-corrected chi connectivity index (χ4v) is 2.04. The molecule has 22 heavy (non-hydrogen) atoms. The molecule has 0 aliphatic heterocycles. The van der Waals surface area contributed by atoms with E-state index < -0.39 is 0 Å². The molecule has 4 nitrogen and oxygen atoms in total. The molecule has 0 heterocycles. The van der Waals surface area contributed by atoms with Gasteiger partial charge in [0.05, 0.1) is 0 Å². The maximum atomic E-state index is 12.6. The van der Waals surface area contributed by atoms with Crippen LogP contribution in [0.1, 0.15) is 25.8 Å². The first-order valence-electron chi connectivity index (χ1n) is 7.34. The molecule has 0 aliphatic carbocycles. The van der Waals surface area contributed by atoms with E-state index in [4.69, 9.17) is 11.6 Å². The molecule has 5 heteroatoms. The largest absolute Gasteiger partial charge is 0.390 e. The molecule has 1 N–H and O–H groups in total. The third-order valence-electron chi connectivity index (χ3n) is 3.13. The number of hydrogen-bond donors (Lipinski definition) is 1. The van der Waals surface area contributed by atoms with Gasteiger partial charge in [-0.15, -0.1) is 11.6 Å². The number of amides is 1. The monoisotopic (exact) mass is 319 g/mol. The van der Waals surface area contributed by atoms with Gasteiger partial charge < -0.3 is 10.2 Å². The number of benzene rings is 1. The van der Waals surface area contributed by atoms with Crippen molar-refractivity contribution in [2.24, 2.45) is 0 Å². The van der Waals surface area contributed by atoms with E-state index in [2.05, 4.69) is 5.32 Å². The molecule has 1 aromatic carbocycles. The third kappa shape index (κ3) is 5.79. The first-order valence-corrected chi connectivity index (χ1v) is 7.88. The predicted octanol–water partition coefficient (Wildman–Crippen LogP) is 3.05. The van der Waals surface area contributed by atoms with E-state index >= 15 is 0 Å². The van der Waals surface area contributed by atoms with Crippen LogP contribution in [0, 0.1) is 11.3 Å². The van der Waals surface area contributed by atoms with Crippen LogP contribution in [0.3, 0.4) is 0 Å². The van der Waals surface area contributed by atoms with Crippen molar-refractivity contribution in [2.75, 3.05) is 12.4 Å². The van der Waals surface area contributed by atoms with Crippen molar-refractivity contribution in [3.8, 4) is 6.07 Å². The summed E-state index contributed by atoms with van der Waals surface area (Å²) in [6, 6.07) is 11.7. The Morgan fingerprint density at radius 1 is 1.41 bits per heavy atom. The van der Waals surface area contributed by atoms with Crippen molar-refractivity contribution in [1.82, 2.24) is 10.2 Å². The highest BCUT2D eigenvalue weighted by Crippen LogP contribution is 2.12. The van der Waals surface area contributed by atoms with Crippen molar-refractivity contribution in [3.63, 3.8) is 0 Å². The molecular weight excluding hydrogens is 298 g/mol. The quantitative estimate of drug-likeness (QED) is 0.347. The predicted molar refractivity (Wildman–Crippen MR) is 89.2 cm³/mol. The lowest BCUT2D eigenvalue weighted by Gasteiger charge is -2.26. The second-order valence-corrected chi connectivity index (χ2v) is 5.56. The van der Waals surface area contributed by atoms with Crippen LogP contribution in [0.2, 0.25) is 0 Å². The molecule has 118 valence electrons. The minimum atomic E-state index is -0.264. The molecule has 0 atom stereocenters. The number of carbonyl (C=O) groups excluding carboxylic acids is 1. The molecule has 1 rings (SSSR count). The Hall–Kier alpha value is -1.99. The lowest BCUT2D eigenvalue weighted by Crippen LogP contribution is -2.37. The van der Waals surface area contributed by atoms with Crippen molar-refractivity contribution in [1.29, 1.82) is 5.26 Å². The maximum Gasteiger partial charge on any atom is 0.266 e. The van der Waals surface area contributed by atoms with Crippen LogP contribution in [0.25, 0.3) is 0 Å². The summed E-state index contributed by atoms with van der Waals surface area (Å²) in [7, 11) is 0. The number of rotatable bonds is 8. The van der Waals surface area contributed by atoms with Crippen LogP contribution in [-0.4, -0.2) is 29.3 Å². The van der Waals surface area contributed by atoms with Gasteiger partial charge in [-0.3, -0.25) is 4.79 Å². The van der Waals surface area contributed by atoms with Crippen LogP contribution in [-0.2, 0) is 11.3 Å². The van der Waals surface area contributed by atoms with E-state index in [9.17, 15) is 10.1 Å². The first kappa shape index (κ1) is 18.1.